The molecule has 3 aromatic rings. The zero-order chi connectivity index (χ0) is 31.8. The number of likely N-dealkylation sites (tertiary alicyclic amines) is 1. The van der Waals surface area contributed by atoms with E-state index in [1.165, 1.54) is 24.3 Å². The molecule has 1 N–H and O–H groups in total. The highest BCUT2D eigenvalue weighted by Gasteiger charge is 2.44. The standard InChI is InChI=1S/C31H31F6NO6/c1-20-18-21(2-11-27(20)28-41-16-17-42-28)19-38(40)14-12-24(13-15-38)29(39,22-3-7-25(8-4-22)43-30(32,33)34)23-5-9-26(10-6-23)44-31(35,36)37/h2-11,18,24,28,39H,12-17,19H2,1H3. The lowest BCUT2D eigenvalue weighted by molar-refractivity contribution is -0.900. The van der Waals surface area contributed by atoms with Crippen LogP contribution in [0, 0.1) is 18.0 Å². The number of aryl methyl sites for hydroxylation is 1. The van der Waals surface area contributed by atoms with Crippen molar-refractivity contribution < 1.29 is 55.0 Å². The molecule has 0 amide bonds. The Morgan fingerprint density at radius 3 is 1.70 bits per heavy atom. The Bertz CT molecular complexity index is 1350. The van der Waals surface area contributed by atoms with Gasteiger partial charge in [0.25, 0.3) is 0 Å². The SMILES string of the molecule is Cc1cc(C[N+]2([O-])CCC(C(O)(c3ccc(OC(F)(F)F)cc3)c3ccc(OC(F)(F)F)cc3)CC2)ccc1C1OCCO1. The lowest BCUT2D eigenvalue weighted by atomic mass is 9.72. The predicted molar refractivity (Wildman–Crippen MR) is 145 cm³/mol. The third-order valence-electron chi connectivity index (χ3n) is 8.10. The van der Waals surface area contributed by atoms with Gasteiger partial charge in [-0.05, 0) is 53.9 Å². The predicted octanol–water partition coefficient (Wildman–Crippen LogP) is 7.00. The van der Waals surface area contributed by atoms with E-state index in [2.05, 4.69) is 9.47 Å². The van der Waals surface area contributed by atoms with E-state index in [9.17, 15) is 36.7 Å². The largest absolute Gasteiger partial charge is 0.633 e. The normalized spacial score (nSPS) is 21.8. The molecule has 0 spiro atoms. The molecule has 0 unspecified atom stereocenters. The third kappa shape index (κ3) is 7.46. The summed E-state index contributed by atoms with van der Waals surface area (Å²) >= 11 is 0. The van der Waals surface area contributed by atoms with Gasteiger partial charge in [0.1, 0.15) is 23.6 Å². The fourth-order valence-electron chi connectivity index (χ4n) is 6.05. The molecule has 0 atom stereocenters. The van der Waals surface area contributed by atoms with E-state index in [-0.39, 0.29) is 43.6 Å². The van der Waals surface area contributed by atoms with Gasteiger partial charge in [-0.15, -0.1) is 26.3 Å². The number of alkyl halides is 6. The van der Waals surface area contributed by atoms with E-state index >= 15 is 0 Å². The quantitative estimate of drug-likeness (QED) is 0.165. The van der Waals surface area contributed by atoms with Crippen LogP contribution in [-0.4, -0.2) is 48.8 Å². The van der Waals surface area contributed by atoms with E-state index in [1.54, 1.807) is 0 Å². The van der Waals surface area contributed by atoms with Crippen LogP contribution in [0.5, 0.6) is 11.5 Å². The van der Waals surface area contributed by atoms with E-state index in [0.29, 0.717) is 13.2 Å². The van der Waals surface area contributed by atoms with Crippen molar-refractivity contribution in [2.24, 2.45) is 5.92 Å². The van der Waals surface area contributed by atoms with Gasteiger partial charge in [-0.1, -0.05) is 36.4 Å². The maximum absolute atomic E-state index is 13.8. The molecule has 5 rings (SSSR count). The van der Waals surface area contributed by atoms with Gasteiger partial charge in [0, 0.05) is 29.9 Å². The van der Waals surface area contributed by atoms with E-state index < -0.39 is 46.7 Å². The molecule has 0 radical (unpaired) electrons. The zero-order valence-electron chi connectivity index (χ0n) is 23.7. The van der Waals surface area contributed by atoms with Crippen LogP contribution >= 0.6 is 0 Å². The summed E-state index contributed by atoms with van der Waals surface area (Å²) in [6, 6.07) is 15.0. The first kappa shape index (κ1) is 32.0. The van der Waals surface area contributed by atoms with Gasteiger partial charge in [-0.3, -0.25) is 0 Å². The molecule has 0 aromatic heterocycles. The average molecular weight is 628 g/mol. The second-order valence-electron chi connectivity index (χ2n) is 11.1. The van der Waals surface area contributed by atoms with Gasteiger partial charge in [-0.2, -0.15) is 0 Å². The molecule has 13 heteroatoms. The van der Waals surface area contributed by atoms with Crippen LogP contribution in [0.3, 0.4) is 0 Å². The Morgan fingerprint density at radius 1 is 0.795 bits per heavy atom. The second kappa shape index (κ2) is 12.2. The molecule has 0 saturated carbocycles. The van der Waals surface area contributed by atoms with Crippen molar-refractivity contribution in [3.63, 3.8) is 0 Å². The van der Waals surface area contributed by atoms with Crippen molar-refractivity contribution >= 4 is 0 Å². The minimum Gasteiger partial charge on any atom is -0.633 e. The van der Waals surface area contributed by atoms with Crippen LogP contribution in [0.1, 0.15) is 46.9 Å². The van der Waals surface area contributed by atoms with Gasteiger partial charge < -0.3 is 33.9 Å². The first-order valence-electron chi connectivity index (χ1n) is 14.0. The maximum Gasteiger partial charge on any atom is 0.573 e. The molecular weight excluding hydrogens is 596 g/mol. The summed E-state index contributed by atoms with van der Waals surface area (Å²) in [5.41, 5.74) is 1.23. The highest BCUT2D eigenvalue weighted by atomic mass is 19.4. The summed E-state index contributed by atoms with van der Waals surface area (Å²) in [4.78, 5) is 0. The van der Waals surface area contributed by atoms with Crippen LogP contribution in [0.15, 0.2) is 66.7 Å². The Balaban J connectivity index is 1.37. The fraction of sp³-hybridized carbons (Fsp3) is 0.419. The summed E-state index contributed by atoms with van der Waals surface area (Å²) in [6.07, 6.45) is -9.79. The van der Waals surface area contributed by atoms with E-state index in [4.69, 9.17) is 9.47 Å². The van der Waals surface area contributed by atoms with Crippen molar-refractivity contribution in [1.29, 1.82) is 0 Å². The number of aliphatic hydroxyl groups is 1. The van der Waals surface area contributed by atoms with Gasteiger partial charge in [0.05, 0.1) is 26.3 Å². The summed E-state index contributed by atoms with van der Waals surface area (Å²) < 4.78 is 94.8. The molecular formula is C31H31F6NO6. The highest BCUT2D eigenvalue weighted by Crippen LogP contribution is 2.44. The minimum atomic E-state index is -4.91. The molecule has 2 aliphatic heterocycles. The van der Waals surface area contributed by atoms with E-state index in [0.717, 1.165) is 41.0 Å². The maximum atomic E-state index is 13.8. The first-order valence-corrected chi connectivity index (χ1v) is 14.0. The number of rotatable bonds is 8. The molecule has 2 saturated heterocycles. The Morgan fingerprint density at radius 2 is 1.27 bits per heavy atom. The molecule has 3 aromatic carbocycles. The molecule has 238 valence electrons. The summed E-state index contributed by atoms with van der Waals surface area (Å²) in [6.45, 7) is 3.39. The Labute approximate surface area is 249 Å². The number of ether oxygens (including phenoxy) is 4. The number of piperidine rings is 1. The highest BCUT2D eigenvalue weighted by molar-refractivity contribution is 5.42. The van der Waals surface area contributed by atoms with Crippen molar-refractivity contribution in [3.8, 4) is 11.5 Å². The molecule has 0 bridgehead atoms. The van der Waals surface area contributed by atoms with E-state index in [1.807, 2.05) is 25.1 Å². The number of halogens is 6. The zero-order valence-corrected chi connectivity index (χ0v) is 23.7. The van der Waals surface area contributed by atoms with Crippen LogP contribution in [0.4, 0.5) is 26.3 Å². The number of nitrogens with zero attached hydrogens (tertiary/aromatic N) is 1. The number of benzene rings is 3. The summed E-state index contributed by atoms with van der Waals surface area (Å²) in [5, 5.41) is 26.0. The smallest absolute Gasteiger partial charge is 0.573 e. The van der Waals surface area contributed by atoms with Gasteiger partial charge in [-0.25, -0.2) is 0 Å². The van der Waals surface area contributed by atoms with Crippen LogP contribution in [0.2, 0.25) is 0 Å². The van der Waals surface area contributed by atoms with Crippen LogP contribution < -0.4 is 9.47 Å². The van der Waals surface area contributed by atoms with Gasteiger partial charge in [0.15, 0.2) is 6.29 Å². The summed E-state index contributed by atoms with van der Waals surface area (Å²) in [5.74, 6) is -1.57. The fourth-order valence-corrected chi connectivity index (χ4v) is 6.05. The topological polar surface area (TPSA) is 80.2 Å². The Hall–Kier alpha value is -3.36. The number of quaternary nitrogens is 1. The molecule has 7 nitrogen and oxygen atoms in total. The molecule has 2 fully saturated rings. The van der Waals surface area contributed by atoms with Crippen LogP contribution in [0.25, 0.3) is 0 Å². The van der Waals surface area contributed by atoms with Crippen molar-refractivity contribution in [2.45, 2.75) is 50.9 Å². The Kier molecular flexibility index (Phi) is 8.89. The number of hydroxylamine groups is 3. The monoisotopic (exact) mass is 627 g/mol. The minimum absolute atomic E-state index is 0.132. The number of hydrogen-bond acceptors (Lipinski definition) is 6. The molecule has 44 heavy (non-hydrogen) atoms. The lowest BCUT2D eigenvalue weighted by Gasteiger charge is -2.50. The van der Waals surface area contributed by atoms with Gasteiger partial charge in [0.2, 0.25) is 0 Å². The third-order valence-corrected chi connectivity index (χ3v) is 8.10. The summed E-state index contributed by atoms with van der Waals surface area (Å²) in [7, 11) is 0. The second-order valence-corrected chi connectivity index (χ2v) is 11.1. The van der Waals surface area contributed by atoms with Crippen molar-refractivity contribution in [2.75, 3.05) is 26.3 Å². The molecule has 2 heterocycles. The van der Waals surface area contributed by atoms with Crippen molar-refractivity contribution in [3.05, 3.63) is 99.8 Å². The van der Waals surface area contributed by atoms with Crippen molar-refractivity contribution in [1.82, 2.24) is 0 Å². The molecule has 2 aliphatic rings. The number of hydrogen-bond donors (Lipinski definition) is 1. The van der Waals surface area contributed by atoms with Crippen LogP contribution in [-0.2, 0) is 21.6 Å². The first-order chi connectivity index (χ1) is 20.6. The van der Waals surface area contributed by atoms with Gasteiger partial charge >= 0.3 is 12.7 Å². The lowest BCUT2D eigenvalue weighted by Crippen LogP contribution is -2.51. The molecule has 0 aliphatic carbocycles. The average Bonchev–Trinajstić information content (AvgIpc) is 3.47.